The molecule has 1 atom stereocenters. The number of carbonyl (C=O) groups is 1. The lowest BCUT2D eigenvalue weighted by molar-refractivity contribution is -0.137. The van der Waals surface area contributed by atoms with Gasteiger partial charge in [-0.3, -0.25) is 4.79 Å². The lowest BCUT2D eigenvalue weighted by Crippen LogP contribution is -2.15. The van der Waals surface area contributed by atoms with Crippen molar-refractivity contribution in [3.63, 3.8) is 0 Å². The van der Waals surface area contributed by atoms with E-state index in [4.69, 9.17) is 22.4 Å². The van der Waals surface area contributed by atoms with Crippen molar-refractivity contribution >= 4 is 17.6 Å². The average Bonchev–Trinajstić information content (AvgIpc) is 2.31. The summed E-state index contributed by atoms with van der Waals surface area (Å²) < 4.78 is 0. The minimum Gasteiger partial charge on any atom is -0.481 e. The third-order valence-corrected chi connectivity index (χ3v) is 3.60. The van der Waals surface area contributed by atoms with Gasteiger partial charge in [0.25, 0.3) is 0 Å². The second-order valence-corrected chi connectivity index (χ2v) is 4.91. The van der Waals surface area contributed by atoms with E-state index in [1.807, 2.05) is 12.1 Å². The highest BCUT2D eigenvalue weighted by Crippen LogP contribution is 2.31. The number of nitrogens with two attached hydrogens (primary N) is 1. The van der Waals surface area contributed by atoms with E-state index in [9.17, 15) is 4.79 Å². The van der Waals surface area contributed by atoms with Crippen LogP contribution in [-0.4, -0.2) is 11.1 Å². The van der Waals surface area contributed by atoms with Crippen LogP contribution in [0.5, 0.6) is 0 Å². The van der Waals surface area contributed by atoms with Crippen molar-refractivity contribution in [2.24, 2.45) is 5.73 Å². The molecule has 18 heavy (non-hydrogen) atoms. The summed E-state index contributed by atoms with van der Waals surface area (Å²) in [5, 5.41) is 9.40. The molecule has 0 spiro atoms. The van der Waals surface area contributed by atoms with Crippen molar-refractivity contribution in [3.8, 4) is 0 Å². The smallest absolute Gasteiger partial charge is 0.305 e. The van der Waals surface area contributed by atoms with Crippen LogP contribution in [0.4, 0.5) is 0 Å². The number of benzene rings is 1. The van der Waals surface area contributed by atoms with Gasteiger partial charge in [0.05, 0.1) is 6.42 Å². The number of carboxylic acids is 1. The van der Waals surface area contributed by atoms with Crippen LogP contribution in [0.15, 0.2) is 18.2 Å². The van der Waals surface area contributed by atoms with E-state index < -0.39 is 12.0 Å². The molecule has 0 saturated carbocycles. The molecule has 3 nitrogen and oxygen atoms in total. The Bertz CT molecular complexity index is 416. The highest BCUT2D eigenvalue weighted by molar-refractivity contribution is 6.31. The predicted molar refractivity (Wildman–Crippen MR) is 74.0 cm³/mol. The predicted octanol–water partition coefficient (Wildman–Crippen LogP) is 3.72. The fourth-order valence-electron chi connectivity index (χ4n) is 2.14. The molecular weight excluding hydrogens is 250 g/mol. The third kappa shape index (κ3) is 3.72. The topological polar surface area (TPSA) is 63.3 Å². The highest BCUT2D eigenvalue weighted by Gasteiger charge is 2.15. The van der Waals surface area contributed by atoms with Crippen LogP contribution < -0.4 is 5.73 Å². The molecule has 100 valence electrons. The van der Waals surface area contributed by atoms with E-state index in [1.54, 1.807) is 6.07 Å². The Morgan fingerprint density at radius 1 is 1.39 bits per heavy atom. The Labute approximate surface area is 113 Å². The van der Waals surface area contributed by atoms with Crippen LogP contribution in [0.1, 0.15) is 56.2 Å². The molecule has 1 rings (SSSR count). The van der Waals surface area contributed by atoms with Gasteiger partial charge in [0.15, 0.2) is 0 Å². The number of rotatable bonds is 6. The second-order valence-electron chi connectivity index (χ2n) is 4.50. The Morgan fingerprint density at radius 3 is 2.44 bits per heavy atom. The number of carboxylic acid groups (broad SMARTS) is 1. The van der Waals surface area contributed by atoms with E-state index in [2.05, 4.69) is 13.8 Å². The molecule has 1 aromatic rings. The van der Waals surface area contributed by atoms with Crippen molar-refractivity contribution in [3.05, 3.63) is 34.3 Å². The molecule has 0 aliphatic rings. The summed E-state index contributed by atoms with van der Waals surface area (Å²) in [6, 6.07) is 5.14. The van der Waals surface area contributed by atoms with Gasteiger partial charge in [0, 0.05) is 11.1 Å². The lowest BCUT2D eigenvalue weighted by Gasteiger charge is -2.17. The molecule has 0 aromatic heterocycles. The first-order valence-corrected chi connectivity index (χ1v) is 6.64. The number of aliphatic carboxylic acids is 1. The molecule has 0 heterocycles. The normalized spacial score (nSPS) is 12.7. The summed E-state index contributed by atoms with van der Waals surface area (Å²) >= 11 is 6.26. The third-order valence-electron chi connectivity index (χ3n) is 3.27. The first-order chi connectivity index (χ1) is 8.49. The quantitative estimate of drug-likeness (QED) is 0.827. The monoisotopic (exact) mass is 269 g/mol. The molecule has 0 aliphatic carbocycles. The van der Waals surface area contributed by atoms with Crippen LogP contribution in [0.25, 0.3) is 0 Å². The standard InChI is InChI=1S/C14H20ClNO2/c1-3-9(4-2)11-6-5-10(7-12(11)15)13(16)8-14(17)18/h5-7,9,13H,3-4,8,16H2,1-2H3,(H,17,18). The maximum absolute atomic E-state index is 10.6. The van der Waals surface area contributed by atoms with Crippen LogP contribution in [0.3, 0.4) is 0 Å². The van der Waals surface area contributed by atoms with Crippen molar-refractivity contribution in [1.82, 2.24) is 0 Å². The minimum atomic E-state index is -0.900. The van der Waals surface area contributed by atoms with Gasteiger partial charge in [-0.25, -0.2) is 0 Å². The molecular formula is C14H20ClNO2. The molecule has 0 aliphatic heterocycles. The van der Waals surface area contributed by atoms with Gasteiger partial charge in [-0.1, -0.05) is 37.6 Å². The summed E-state index contributed by atoms with van der Waals surface area (Å²) in [5.41, 5.74) is 7.71. The Balaban J connectivity index is 2.94. The van der Waals surface area contributed by atoms with Crippen LogP contribution in [0.2, 0.25) is 5.02 Å². The van der Waals surface area contributed by atoms with Gasteiger partial charge >= 0.3 is 5.97 Å². The molecule has 0 fully saturated rings. The van der Waals surface area contributed by atoms with Crippen LogP contribution >= 0.6 is 11.6 Å². The Hall–Kier alpha value is -1.06. The highest BCUT2D eigenvalue weighted by atomic mass is 35.5. The molecule has 0 saturated heterocycles. The lowest BCUT2D eigenvalue weighted by atomic mass is 9.92. The van der Waals surface area contributed by atoms with Gasteiger partial charge in [-0.15, -0.1) is 0 Å². The summed E-state index contributed by atoms with van der Waals surface area (Å²) in [6.07, 6.45) is 1.99. The maximum Gasteiger partial charge on any atom is 0.305 e. The van der Waals surface area contributed by atoms with Gasteiger partial charge in [-0.2, -0.15) is 0 Å². The van der Waals surface area contributed by atoms with E-state index in [0.717, 1.165) is 24.0 Å². The molecule has 0 radical (unpaired) electrons. The minimum absolute atomic E-state index is 0.0827. The van der Waals surface area contributed by atoms with Crippen molar-refractivity contribution in [2.45, 2.75) is 45.1 Å². The second kappa shape index (κ2) is 6.76. The molecule has 1 unspecified atom stereocenters. The average molecular weight is 270 g/mol. The fourth-order valence-corrected chi connectivity index (χ4v) is 2.48. The van der Waals surface area contributed by atoms with E-state index in [-0.39, 0.29) is 6.42 Å². The fraction of sp³-hybridized carbons (Fsp3) is 0.500. The zero-order valence-corrected chi connectivity index (χ0v) is 11.6. The van der Waals surface area contributed by atoms with E-state index in [1.165, 1.54) is 0 Å². The Kier molecular flexibility index (Phi) is 5.63. The van der Waals surface area contributed by atoms with Crippen molar-refractivity contribution < 1.29 is 9.90 Å². The van der Waals surface area contributed by atoms with Crippen LogP contribution in [0, 0.1) is 0 Å². The zero-order valence-electron chi connectivity index (χ0n) is 10.8. The maximum atomic E-state index is 10.6. The molecule has 3 N–H and O–H groups in total. The van der Waals surface area contributed by atoms with Crippen molar-refractivity contribution in [1.29, 1.82) is 0 Å². The van der Waals surface area contributed by atoms with E-state index >= 15 is 0 Å². The number of halogens is 1. The molecule has 1 aromatic carbocycles. The molecule has 4 heteroatoms. The Morgan fingerprint density at radius 2 is 2.00 bits per heavy atom. The zero-order chi connectivity index (χ0) is 13.7. The summed E-state index contributed by atoms with van der Waals surface area (Å²) in [6.45, 7) is 4.27. The molecule has 0 amide bonds. The summed E-state index contributed by atoms with van der Waals surface area (Å²) in [4.78, 5) is 10.6. The molecule has 0 bridgehead atoms. The van der Waals surface area contributed by atoms with E-state index in [0.29, 0.717) is 10.9 Å². The van der Waals surface area contributed by atoms with Crippen LogP contribution in [-0.2, 0) is 4.79 Å². The van der Waals surface area contributed by atoms with Crippen molar-refractivity contribution in [2.75, 3.05) is 0 Å². The largest absolute Gasteiger partial charge is 0.481 e. The summed E-state index contributed by atoms with van der Waals surface area (Å²) in [7, 11) is 0. The van der Waals surface area contributed by atoms with Gasteiger partial charge in [0.1, 0.15) is 0 Å². The first-order valence-electron chi connectivity index (χ1n) is 6.26. The number of hydrogen-bond donors (Lipinski definition) is 2. The van der Waals surface area contributed by atoms with Gasteiger partial charge in [-0.05, 0) is 36.0 Å². The van der Waals surface area contributed by atoms with Gasteiger partial charge < -0.3 is 10.8 Å². The first kappa shape index (κ1) is 15.0. The SMILES string of the molecule is CCC(CC)c1ccc(C(N)CC(=O)O)cc1Cl. The number of hydrogen-bond acceptors (Lipinski definition) is 2. The van der Waals surface area contributed by atoms with Gasteiger partial charge in [0.2, 0.25) is 0 Å². The summed E-state index contributed by atoms with van der Waals surface area (Å²) in [5.74, 6) is -0.454.